The number of aliphatic hydroxyl groups is 1. The highest BCUT2D eigenvalue weighted by Crippen LogP contribution is 2.32. The molecule has 0 unspecified atom stereocenters. The third-order valence-corrected chi connectivity index (χ3v) is 5.08. The van der Waals surface area contributed by atoms with Crippen molar-refractivity contribution in [3.05, 3.63) is 74.9 Å². The number of nitrogens with zero attached hydrogens (tertiary/aromatic N) is 1. The molecule has 5 nitrogen and oxygen atoms in total. The van der Waals surface area contributed by atoms with Crippen molar-refractivity contribution in [3.63, 3.8) is 0 Å². The largest absolute Gasteiger partial charge is 0.419 e. The number of alkyl halides is 3. The summed E-state index contributed by atoms with van der Waals surface area (Å²) in [7, 11) is 0. The predicted octanol–water partition coefficient (Wildman–Crippen LogP) is 5.18. The van der Waals surface area contributed by atoms with E-state index in [2.05, 4.69) is 5.32 Å². The fourth-order valence-corrected chi connectivity index (χ4v) is 3.36. The van der Waals surface area contributed by atoms with E-state index in [0.29, 0.717) is 17.5 Å². The maximum absolute atomic E-state index is 13.7. The lowest BCUT2D eigenvalue weighted by molar-refractivity contribution is -0.140. The number of pyridine rings is 1. The first kappa shape index (κ1) is 25.4. The minimum atomic E-state index is -4.83. The molecule has 1 aromatic heterocycles. The van der Waals surface area contributed by atoms with Crippen LogP contribution >= 0.6 is 11.6 Å². The van der Waals surface area contributed by atoms with Crippen molar-refractivity contribution in [2.24, 2.45) is 0 Å². The Morgan fingerprint density at radius 2 is 1.88 bits per heavy atom. The van der Waals surface area contributed by atoms with E-state index < -0.39 is 41.5 Å². The van der Waals surface area contributed by atoms with Crippen LogP contribution in [0.5, 0.6) is 0 Å². The SMILES string of the molecule is C.C[C@H](CO)n1ccc2c(NC(=O)Cc3ccc(C(F)(F)F)c(F)c3)c(Cl)ccc2c1=O. The molecule has 2 aromatic carbocycles. The Morgan fingerprint density at radius 3 is 2.47 bits per heavy atom. The van der Waals surface area contributed by atoms with Crippen LogP contribution in [0.15, 0.2) is 47.4 Å². The minimum absolute atomic E-state index is 0. The van der Waals surface area contributed by atoms with E-state index in [-0.39, 0.29) is 35.7 Å². The van der Waals surface area contributed by atoms with E-state index in [0.717, 1.165) is 6.07 Å². The smallest absolute Gasteiger partial charge is 0.394 e. The summed E-state index contributed by atoms with van der Waals surface area (Å²) in [5.74, 6) is -2.12. The highest BCUT2D eigenvalue weighted by atomic mass is 35.5. The van der Waals surface area contributed by atoms with Crippen LogP contribution in [0.1, 0.15) is 31.5 Å². The van der Waals surface area contributed by atoms with Gasteiger partial charge in [-0.25, -0.2) is 4.39 Å². The van der Waals surface area contributed by atoms with Gasteiger partial charge in [-0.3, -0.25) is 9.59 Å². The average Bonchev–Trinajstić information content (AvgIpc) is 2.69. The zero-order valence-electron chi connectivity index (χ0n) is 16.1. The second-order valence-electron chi connectivity index (χ2n) is 6.98. The lowest BCUT2D eigenvalue weighted by Gasteiger charge is -2.15. The molecule has 1 atom stereocenters. The molecule has 0 radical (unpaired) electrons. The summed E-state index contributed by atoms with van der Waals surface area (Å²) >= 11 is 6.18. The number of hydrogen-bond acceptors (Lipinski definition) is 3. The molecule has 2 N–H and O–H groups in total. The number of benzene rings is 2. The Hall–Kier alpha value is -2.91. The Morgan fingerprint density at radius 1 is 1.19 bits per heavy atom. The molecule has 10 heteroatoms. The second kappa shape index (κ2) is 9.70. The van der Waals surface area contributed by atoms with Gasteiger partial charge in [0, 0.05) is 17.0 Å². The third-order valence-electron chi connectivity index (χ3n) is 4.77. The summed E-state index contributed by atoms with van der Waals surface area (Å²) in [6.45, 7) is 1.42. The van der Waals surface area contributed by atoms with E-state index in [1.165, 1.54) is 22.9 Å². The van der Waals surface area contributed by atoms with Gasteiger partial charge in [0.2, 0.25) is 5.91 Å². The molecule has 3 rings (SSSR count). The van der Waals surface area contributed by atoms with Gasteiger partial charge in [0.05, 0.1) is 35.3 Å². The minimum Gasteiger partial charge on any atom is -0.394 e. The van der Waals surface area contributed by atoms with Crippen molar-refractivity contribution < 1.29 is 27.5 Å². The topological polar surface area (TPSA) is 71.3 Å². The number of rotatable bonds is 5. The lowest BCUT2D eigenvalue weighted by atomic mass is 10.1. The number of aromatic nitrogens is 1. The number of halogens is 5. The molecule has 32 heavy (non-hydrogen) atoms. The van der Waals surface area contributed by atoms with Crippen LogP contribution < -0.4 is 10.9 Å². The van der Waals surface area contributed by atoms with Crippen molar-refractivity contribution in [1.82, 2.24) is 4.57 Å². The van der Waals surface area contributed by atoms with Gasteiger partial charge in [-0.05, 0) is 42.8 Å². The monoisotopic (exact) mass is 472 g/mol. The van der Waals surface area contributed by atoms with Gasteiger partial charge in [0.1, 0.15) is 5.82 Å². The molecular formula is C22H21ClF4N2O3. The van der Waals surface area contributed by atoms with Crippen molar-refractivity contribution in [2.45, 2.75) is 33.0 Å². The van der Waals surface area contributed by atoms with Crippen LogP contribution in [0, 0.1) is 5.82 Å². The first-order chi connectivity index (χ1) is 14.5. The van der Waals surface area contributed by atoms with Gasteiger partial charge in [0.15, 0.2) is 0 Å². The predicted molar refractivity (Wildman–Crippen MR) is 115 cm³/mol. The van der Waals surface area contributed by atoms with Crippen molar-refractivity contribution in [3.8, 4) is 0 Å². The molecule has 1 heterocycles. The van der Waals surface area contributed by atoms with Gasteiger partial charge in [-0.1, -0.05) is 25.1 Å². The zero-order chi connectivity index (χ0) is 22.9. The Balaban J connectivity index is 0.00000363. The Kier molecular flexibility index (Phi) is 7.69. The maximum Gasteiger partial charge on any atom is 0.419 e. The fraction of sp³-hybridized carbons (Fsp3) is 0.273. The molecule has 0 aliphatic heterocycles. The van der Waals surface area contributed by atoms with Gasteiger partial charge in [-0.15, -0.1) is 0 Å². The molecule has 0 fully saturated rings. The highest BCUT2D eigenvalue weighted by molar-refractivity contribution is 6.35. The number of carbonyl (C=O) groups is 1. The van der Waals surface area contributed by atoms with E-state index in [4.69, 9.17) is 11.6 Å². The molecule has 0 spiro atoms. The normalized spacial score (nSPS) is 12.3. The summed E-state index contributed by atoms with van der Waals surface area (Å²) in [6.07, 6.45) is -3.77. The van der Waals surface area contributed by atoms with E-state index in [1.807, 2.05) is 0 Å². The number of aliphatic hydroxyl groups excluding tert-OH is 1. The average molecular weight is 473 g/mol. The van der Waals surface area contributed by atoms with Crippen LogP contribution in [0.4, 0.5) is 23.2 Å². The van der Waals surface area contributed by atoms with Gasteiger partial charge >= 0.3 is 6.18 Å². The second-order valence-corrected chi connectivity index (χ2v) is 7.39. The lowest BCUT2D eigenvalue weighted by Crippen LogP contribution is -2.25. The number of nitrogens with one attached hydrogen (secondary N) is 1. The number of fused-ring (bicyclic) bond motifs is 1. The standard InChI is InChI=1S/C21H17ClF4N2O3.CH4/c1-11(10-29)28-7-6-13-14(20(28)31)3-5-16(22)19(13)27-18(30)9-12-2-4-15(17(23)8-12)21(24,25)26;/h2-8,11,29H,9-10H2,1H3,(H,27,30);1H4/t11-;/m1./s1. The maximum atomic E-state index is 13.7. The van der Waals surface area contributed by atoms with Gasteiger partial charge in [0.25, 0.3) is 5.56 Å². The van der Waals surface area contributed by atoms with Gasteiger partial charge < -0.3 is 15.0 Å². The highest BCUT2D eigenvalue weighted by Gasteiger charge is 2.34. The number of amides is 1. The first-order valence-corrected chi connectivity index (χ1v) is 9.50. The third kappa shape index (κ3) is 5.11. The Bertz CT molecular complexity index is 1210. The van der Waals surface area contributed by atoms with Crippen LogP contribution in [0.2, 0.25) is 5.02 Å². The summed E-state index contributed by atoms with van der Waals surface area (Å²) in [5, 5.41) is 12.6. The van der Waals surface area contributed by atoms with Crippen LogP contribution in [-0.4, -0.2) is 22.2 Å². The van der Waals surface area contributed by atoms with E-state index >= 15 is 0 Å². The van der Waals surface area contributed by atoms with Crippen LogP contribution in [-0.2, 0) is 17.4 Å². The number of carbonyl (C=O) groups excluding carboxylic acids is 1. The summed E-state index contributed by atoms with van der Waals surface area (Å²) in [6, 6.07) is 6.26. The Labute approximate surface area is 186 Å². The van der Waals surface area contributed by atoms with Crippen molar-refractivity contribution in [1.29, 1.82) is 0 Å². The van der Waals surface area contributed by atoms with Crippen LogP contribution in [0.25, 0.3) is 10.8 Å². The number of hydrogen-bond donors (Lipinski definition) is 2. The van der Waals surface area contributed by atoms with Crippen molar-refractivity contribution >= 4 is 34.0 Å². The van der Waals surface area contributed by atoms with Gasteiger partial charge in [-0.2, -0.15) is 13.2 Å². The molecule has 0 saturated heterocycles. The quantitative estimate of drug-likeness (QED) is 0.502. The molecule has 1 amide bonds. The zero-order valence-corrected chi connectivity index (χ0v) is 16.9. The summed E-state index contributed by atoms with van der Waals surface area (Å²) in [4.78, 5) is 25.1. The molecule has 3 aromatic rings. The van der Waals surface area contributed by atoms with Crippen molar-refractivity contribution in [2.75, 3.05) is 11.9 Å². The molecule has 0 saturated carbocycles. The summed E-state index contributed by atoms with van der Waals surface area (Å²) in [5.41, 5.74) is -1.62. The van der Waals surface area contributed by atoms with E-state index in [9.17, 15) is 32.3 Å². The molecule has 0 aliphatic rings. The number of anilines is 1. The summed E-state index contributed by atoms with van der Waals surface area (Å²) < 4.78 is 53.1. The van der Waals surface area contributed by atoms with Crippen LogP contribution in [0.3, 0.4) is 0 Å². The molecule has 0 aliphatic carbocycles. The first-order valence-electron chi connectivity index (χ1n) is 9.12. The fourth-order valence-electron chi connectivity index (χ4n) is 3.14. The molecular weight excluding hydrogens is 452 g/mol. The molecule has 172 valence electrons. The van der Waals surface area contributed by atoms with E-state index in [1.54, 1.807) is 13.0 Å². The molecule has 0 bridgehead atoms.